The Hall–Kier alpha value is -2.62. The fourth-order valence-corrected chi connectivity index (χ4v) is 2.49. The normalized spacial score (nSPS) is 10.8. The minimum Gasteiger partial charge on any atom is -0.325 e. The van der Waals surface area contributed by atoms with Gasteiger partial charge in [0.15, 0.2) is 12.1 Å². The molecule has 0 amide bonds. The Morgan fingerprint density at radius 2 is 1.95 bits per heavy atom. The van der Waals surface area contributed by atoms with Crippen LogP contribution >= 0.6 is 0 Å². The standard InChI is InChI=1S/C17H17N3O/c1-3-19(14-9-7-13(2)8-10-14)17-15(12-21)20-11-5-4-6-16(20)18-17/h4-12H,3H2,1-2H3. The number of hydrogen-bond acceptors (Lipinski definition) is 3. The van der Waals surface area contributed by atoms with E-state index in [-0.39, 0.29) is 0 Å². The van der Waals surface area contributed by atoms with Gasteiger partial charge >= 0.3 is 0 Å². The lowest BCUT2D eigenvalue weighted by molar-refractivity contribution is 0.111. The fraction of sp³-hybridized carbons (Fsp3) is 0.176. The van der Waals surface area contributed by atoms with Gasteiger partial charge in [-0.15, -0.1) is 0 Å². The van der Waals surface area contributed by atoms with Gasteiger partial charge in [-0.3, -0.25) is 9.20 Å². The Balaban J connectivity index is 2.16. The molecule has 21 heavy (non-hydrogen) atoms. The van der Waals surface area contributed by atoms with E-state index >= 15 is 0 Å². The molecular formula is C17H17N3O. The number of aryl methyl sites for hydroxylation is 1. The highest BCUT2D eigenvalue weighted by atomic mass is 16.1. The van der Waals surface area contributed by atoms with E-state index < -0.39 is 0 Å². The summed E-state index contributed by atoms with van der Waals surface area (Å²) in [6.45, 7) is 4.86. The van der Waals surface area contributed by atoms with Gasteiger partial charge in [0.25, 0.3) is 0 Å². The van der Waals surface area contributed by atoms with Crippen LogP contribution in [0.2, 0.25) is 0 Å². The van der Waals surface area contributed by atoms with Crippen LogP contribution in [-0.4, -0.2) is 22.2 Å². The Morgan fingerprint density at radius 1 is 1.19 bits per heavy atom. The molecule has 0 bridgehead atoms. The molecule has 0 N–H and O–H groups in total. The molecule has 0 aliphatic heterocycles. The Kier molecular flexibility index (Phi) is 3.44. The first-order valence-electron chi connectivity index (χ1n) is 7.01. The molecule has 0 saturated carbocycles. The van der Waals surface area contributed by atoms with Crippen molar-refractivity contribution in [3.63, 3.8) is 0 Å². The van der Waals surface area contributed by atoms with Gasteiger partial charge in [0.1, 0.15) is 11.3 Å². The molecule has 0 aliphatic carbocycles. The van der Waals surface area contributed by atoms with Gasteiger partial charge in [-0.25, -0.2) is 4.98 Å². The van der Waals surface area contributed by atoms with E-state index in [1.807, 2.05) is 28.8 Å². The predicted molar refractivity (Wildman–Crippen MR) is 84.4 cm³/mol. The predicted octanol–water partition coefficient (Wildman–Crippen LogP) is 3.61. The van der Waals surface area contributed by atoms with Crippen LogP contribution in [0.3, 0.4) is 0 Å². The van der Waals surface area contributed by atoms with Gasteiger partial charge in [-0.2, -0.15) is 0 Å². The summed E-state index contributed by atoms with van der Waals surface area (Å²) in [6.07, 6.45) is 2.73. The van der Waals surface area contributed by atoms with Crippen LogP contribution in [0.25, 0.3) is 5.65 Å². The van der Waals surface area contributed by atoms with Gasteiger partial charge in [0, 0.05) is 18.4 Å². The zero-order valence-corrected chi connectivity index (χ0v) is 12.2. The zero-order chi connectivity index (χ0) is 14.8. The van der Waals surface area contributed by atoms with E-state index in [0.29, 0.717) is 11.5 Å². The second-order valence-electron chi connectivity index (χ2n) is 4.95. The van der Waals surface area contributed by atoms with Crippen molar-refractivity contribution >= 4 is 23.4 Å². The number of anilines is 2. The minimum absolute atomic E-state index is 0.577. The molecule has 0 fully saturated rings. The number of carbonyl (C=O) groups excluding carboxylic acids is 1. The van der Waals surface area contributed by atoms with Crippen LogP contribution in [-0.2, 0) is 0 Å². The minimum atomic E-state index is 0.577. The van der Waals surface area contributed by atoms with Gasteiger partial charge in [0.2, 0.25) is 0 Å². The molecule has 0 spiro atoms. The summed E-state index contributed by atoms with van der Waals surface area (Å²) >= 11 is 0. The molecule has 0 saturated heterocycles. The third-order valence-corrected chi connectivity index (χ3v) is 3.58. The highest BCUT2D eigenvalue weighted by molar-refractivity contribution is 5.85. The molecule has 3 aromatic rings. The van der Waals surface area contributed by atoms with Crippen LogP contribution in [0, 0.1) is 6.92 Å². The maximum atomic E-state index is 11.5. The number of rotatable bonds is 4. The maximum absolute atomic E-state index is 11.5. The lowest BCUT2D eigenvalue weighted by atomic mass is 10.2. The number of benzene rings is 1. The van der Waals surface area contributed by atoms with Crippen molar-refractivity contribution in [3.05, 3.63) is 59.9 Å². The number of hydrogen-bond donors (Lipinski definition) is 0. The van der Waals surface area contributed by atoms with E-state index in [1.165, 1.54) is 5.56 Å². The Labute approximate surface area is 123 Å². The van der Waals surface area contributed by atoms with Gasteiger partial charge < -0.3 is 4.90 Å². The second kappa shape index (κ2) is 5.40. The van der Waals surface area contributed by atoms with E-state index in [0.717, 1.165) is 24.2 Å². The monoisotopic (exact) mass is 279 g/mol. The summed E-state index contributed by atoms with van der Waals surface area (Å²) in [5.74, 6) is 0.697. The van der Waals surface area contributed by atoms with Gasteiger partial charge in [0.05, 0.1) is 0 Å². The number of pyridine rings is 1. The number of nitrogens with zero attached hydrogens (tertiary/aromatic N) is 3. The fourth-order valence-electron chi connectivity index (χ4n) is 2.49. The van der Waals surface area contributed by atoms with Crippen molar-refractivity contribution in [2.24, 2.45) is 0 Å². The molecule has 106 valence electrons. The topological polar surface area (TPSA) is 37.6 Å². The lowest BCUT2D eigenvalue weighted by Crippen LogP contribution is -2.18. The number of carbonyl (C=O) groups is 1. The van der Waals surface area contributed by atoms with Crippen LogP contribution < -0.4 is 4.90 Å². The summed E-state index contributed by atoms with van der Waals surface area (Å²) in [7, 11) is 0. The van der Waals surface area contributed by atoms with Crippen LogP contribution in [0.15, 0.2) is 48.7 Å². The van der Waals surface area contributed by atoms with Crippen molar-refractivity contribution in [1.82, 2.24) is 9.38 Å². The van der Waals surface area contributed by atoms with E-state index in [1.54, 1.807) is 0 Å². The number of aromatic nitrogens is 2. The van der Waals surface area contributed by atoms with E-state index in [9.17, 15) is 4.79 Å². The summed E-state index contributed by atoms with van der Waals surface area (Å²) in [5, 5.41) is 0. The van der Waals surface area contributed by atoms with Crippen molar-refractivity contribution in [3.8, 4) is 0 Å². The van der Waals surface area contributed by atoms with Crippen LogP contribution in [0.1, 0.15) is 23.0 Å². The molecule has 3 rings (SSSR count). The lowest BCUT2D eigenvalue weighted by Gasteiger charge is -2.21. The largest absolute Gasteiger partial charge is 0.325 e. The summed E-state index contributed by atoms with van der Waals surface area (Å²) < 4.78 is 1.82. The molecule has 2 heterocycles. The smallest absolute Gasteiger partial charge is 0.170 e. The zero-order valence-electron chi connectivity index (χ0n) is 12.2. The summed E-state index contributed by atoms with van der Waals surface area (Å²) in [4.78, 5) is 18.2. The first kappa shape index (κ1) is 13.4. The molecule has 1 aromatic carbocycles. The maximum Gasteiger partial charge on any atom is 0.170 e. The third kappa shape index (κ3) is 2.29. The van der Waals surface area contributed by atoms with Crippen molar-refractivity contribution in [1.29, 1.82) is 0 Å². The molecule has 4 nitrogen and oxygen atoms in total. The average Bonchev–Trinajstić information content (AvgIpc) is 2.88. The number of aldehydes is 1. The number of imidazole rings is 1. The molecule has 0 unspecified atom stereocenters. The quantitative estimate of drug-likeness (QED) is 0.685. The van der Waals surface area contributed by atoms with Crippen molar-refractivity contribution in [2.75, 3.05) is 11.4 Å². The van der Waals surface area contributed by atoms with Gasteiger partial charge in [-0.05, 0) is 38.1 Å². The Bertz CT molecular complexity index is 774. The first-order chi connectivity index (χ1) is 10.2. The molecule has 0 atom stereocenters. The third-order valence-electron chi connectivity index (χ3n) is 3.58. The molecule has 2 aromatic heterocycles. The average molecular weight is 279 g/mol. The molecule has 4 heteroatoms. The van der Waals surface area contributed by atoms with Gasteiger partial charge in [-0.1, -0.05) is 23.8 Å². The highest BCUT2D eigenvalue weighted by Gasteiger charge is 2.17. The summed E-state index contributed by atoms with van der Waals surface area (Å²) in [5.41, 5.74) is 3.60. The molecule has 0 radical (unpaired) electrons. The first-order valence-corrected chi connectivity index (χ1v) is 7.01. The second-order valence-corrected chi connectivity index (χ2v) is 4.95. The molecule has 0 aliphatic rings. The SMILES string of the molecule is CCN(c1ccc(C)cc1)c1nc2ccccn2c1C=O. The van der Waals surface area contributed by atoms with E-state index in [4.69, 9.17) is 0 Å². The number of fused-ring (bicyclic) bond motifs is 1. The Morgan fingerprint density at radius 3 is 2.62 bits per heavy atom. The van der Waals surface area contributed by atoms with Crippen molar-refractivity contribution in [2.45, 2.75) is 13.8 Å². The van der Waals surface area contributed by atoms with Crippen LogP contribution in [0.4, 0.5) is 11.5 Å². The highest BCUT2D eigenvalue weighted by Crippen LogP contribution is 2.28. The molecular weight excluding hydrogens is 262 g/mol. The summed E-state index contributed by atoms with van der Waals surface area (Å²) in [6, 6.07) is 14.0. The van der Waals surface area contributed by atoms with Crippen molar-refractivity contribution < 1.29 is 4.79 Å². The van der Waals surface area contributed by atoms with E-state index in [2.05, 4.69) is 48.0 Å². The van der Waals surface area contributed by atoms with Crippen LogP contribution in [0.5, 0.6) is 0 Å².